The summed E-state index contributed by atoms with van der Waals surface area (Å²) in [7, 11) is 1.63. The van der Waals surface area contributed by atoms with E-state index < -0.39 is 5.76 Å². The van der Waals surface area contributed by atoms with Crippen molar-refractivity contribution in [1.29, 1.82) is 0 Å². The zero-order valence-corrected chi connectivity index (χ0v) is 13.9. The fourth-order valence-corrected chi connectivity index (χ4v) is 2.43. The van der Waals surface area contributed by atoms with Gasteiger partial charge >= 0.3 is 5.76 Å². The quantitative estimate of drug-likeness (QED) is 0.724. The Hall–Kier alpha value is -2.89. The number of methoxy groups -OCH3 is 1. The van der Waals surface area contributed by atoms with Gasteiger partial charge in [0.1, 0.15) is 11.5 Å². The summed E-state index contributed by atoms with van der Waals surface area (Å²) in [6.07, 6.45) is 0.0724. The van der Waals surface area contributed by atoms with Crippen molar-refractivity contribution < 1.29 is 13.9 Å². The first-order chi connectivity index (χ1) is 11.5. The number of fused-ring (bicyclic) bond motifs is 1. The number of hydrogen-bond donors (Lipinski definition) is 2. The van der Waals surface area contributed by atoms with Gasteiger partial charge in [-0.25, -0.2) is 4.79 Å². The second-order valence-electron chi connectivity index (χ2n) is 5.72. The van der Waals surface area contributed by atoms with Crippen molar-refractivity contribution in [3.63, 3.8) is 0 Å². The standard InChI is InChI=1S/C18H20N2O4/c1-11(2)23-17-9-14(22-3)6-4-12(17)10-19-13-5-7-16-15(8-13)20-18(21)24-16/h4-9,11,19H,10H2,1-3H3,(H,20,21). The van der Waals surface area contributed by atoms with Crippen molar-refractivity contribution in [1.82, 2.24) is 4.98 Å². The molecular weight excluding hydrogens is 308 g/mol. The number of rotatable bonds is 6. The summed E-state index contributed by atoms with van der Waals surface area (Å²) in [5, 5.41) is 3.33. The van der Waals surface area contributed by atoms with E-state index in [1.54, 1.807) is 13.2 Å². The Morgan fingerprint density at radius 1 is 1.21 bits per heavy atom. The van der Waals surface area contributed by atoms with Crippen molar-refractivity contribution in [2.75, 3.05) is 12.4 Å². The highest BCUT2D eigenvalue weighted by Gasteiger charge is 2.09. The van der Waals surface area contributed by atoms with Crippen LogP contribution in [0.3, 0.4) is 0 Å². The molecule has 3 rings (SSSR count). The van der Waals surface area contributed by atoms with Crippen molar-refractivity contribution in [3.8, 4) is 11.5 Å². The van der Waals surface area contributed by atoms with Crippen LogP contribution in [0, 0.1) is 0 Å². The van der Waals surface area contributed by atoms with E-state index >= 15 is 0 Å². The van der Waals surface area contributed by atoms with Gasteiger partial charge in [-0.2, -0.15) is 0 Å². The molecule has 6 nitrogen and oxygen atoms in total. The van der Waals surface area contributed by atoms with Crippen LogP contribution >= 0.6 is 0 Å². The van der Waals surface area contributed by atoms with Crippen LogP contribution in [-0.2, 0) is 6.54 Å². The molecule has 0 saturated heterocycles. The predicted octanol–water partition coefficient (Wildman–Crippen LogP) is 3.53. The minimum atomic E-state index is -0.454. The van der Waals surface area contributed by atoms with Crippen molar-refractivity contribution in [3.05, 3.63) is 52.5 Å². The topological polar surface area (TPSA) is 76.5 Å². The molecule has 0 amide bonds. The molecule has 0 spiro atoms. The van der Waals surface area contributed by atoms with Crippen LogP contribution in [0.4, 0.5) is 5.69 Å². The molecule has 0 bridgehead atoms. The Balaban J connectivity index is 1.80. The van der Waals surface area contributed by atoms with E-state index in [-0.39, 0.29) is 6.10 Å². The molecule has 24 heavy (non-hydrogen) atoms. The summed E-state index contributed by atoms with van der Waals surface area (Å²) in [5.41, 5.74) is 3.10. The second-order valence-corrected chi connectivity index (χ2v) is 5.72. The van der Waals surface area contributed by atoms with Crippen molar-refractivity contribution in [2.24, 2.45) is 0 Å². The molecule has 1 heterocycles. The average Bonchev–Trinajstić information content (AvgIpc) is 2.92. The Morgan fingerprint density at radius 3 is 2.79 bits per heavy atom. The van der Waals surface area contributed by atoms with E-state index in [0.717, 1.165) is 22.7 Å². The first kappa shape index (κ1) is 16.0. The number of ether oxygens (including phenoxy) is 2. The molecule has 2 N–H and O–H groups in total. The van der Waals surface area contributed by atoms with E-state index in [4.69, 9.17) is 13.9 Å². The van der Waals surface area contributed by atoms with Crippen LogP contribution in [0.25, 0.3) is 11.1 Å². The molecule has 0 atom stereocenters. The van der Waals surface area contributed by atoms with Crippen molar-refractivity contribution >= 4 is 16.8 Å². The summed E-state index contributed by atoms with van der Waals surface area (Å²) in [6, 6.07) is 11.2. The van der Waals surface area contributed by atoms with E-state index in [1.807, 2.05) is 44.2 Å². The highest BCUT2D eigenvalue weighted by Crippen LogP contribution is 2.27. The summed E-state index contributed by atoms with van der Waals surface area (Å²) in [5.74, 6) is 1.09. The molecule has 0 aliphatic carbocycles. The van der Waals surface area contributed by atoms with Gasteiger partial charge in [0, 0.05) is 23.9 Å². The van der Waals surface area contributed by atoms with Crippen LogP contribution in [-0.4, -0.2) is 18.2 Å². The first-order valence-corrected chi connectivity index (χ1v) is 7.75. The Bertz CT molecular complexity index is 895. The lowest BCUT2D eigenvalue weighted by Crippen LogP contribution is -2.09. The largest absolute Gasteiger partial charge is 0.497 e. The molecule has 3 aromatic rings. The smallest absolute Gasteiger partial charge is 0.417 e. The van der Waals surface area contributed by atoms with Crippen LogP contribution in [0.5, 0.6) is 11.5 Å². The maximum atomic E-state index is 11.2. The monoisotopic (exact) mass is 328 g/mol. The van der Waals surface area contributed by atoms with Gasteiger partial charge in [0.15, 0.2) is 5.58 Å². The summed E-state index contributed by atoms with van der Waals surface area (Å²) in [4.78, 5) is 13.9. The van der Waals surface area contributed by atoms with Gasteiger partial charge in [-0.05, 0) is 44.2 Å². The third kappa shape index (κ3) is 3.53. The fraction of sp³-hybridized carbons (Fsp3) is 0.278. The zero-order valence-electron chi connectivity index (χ0n) is 13.9. The van der Waals surface area contributed by atoms with Gasteiger partial charge in [-0.15, -0.1) is 0 Å². The van der Waals surface area contributed by atoms with Gasteiger partial charge in [-0.3, -0.25) is 4.98 Å². The highest BCUT2D eigenvalue weighted by atomic mass is 16.5. The molecular formula is C18H20N2O4. The lowest BCUT2D eigenvalue weighted by Gasteiger charge is -2.16. The molecule has 0 radical (unpaired) electrons. The van der Waals surface area contributed by atoms with Crippen LogP contribution < -0.4 is 20.5 Å². The van der Waals surface area contributed by atoms with Crippen molar-refractivity contribution in [2.45, 2.75) is 26.5 Å². The van der Waals surface area contributed by atoms with Gasteiger partial charge in [0.25, 0.3) is 0 Å². The number of hydrogen-bond acceptors (Lipinski definition) is 5. The van der Waals surface area contributed by atoms with Crippen LogP contribution in [0.1, 0.15) is 19.4 Å². The van der Waals surface area contributed by atoms with Gasteiger partial charge < -0.3 is 19.2 Å². The van der Waals surface area contributed by atoms with E-state index in [2.05, 4.69) is 10.3 Å². The van der Waals surface area contributed by atoms with Gasteiger partial charge in [-0.1, -0.05) is 0 Å². The summed E-state index contributed by atoms with van der Waals surface area (Å²) < 4.78 is 16.1. The Labute approximate surface area is 139 Å². The number of H-pyrrole nitrogens is 1. The molecule has 0 aliphatic rings. The maximum absolute atomic E-state index is 11.2. The third-order valence-corrected chi connectivity index (χ3v) is 3.54. The number of aromatic nitrogens is 1. The first-order valence-electron chi connectivity index (χ1n) is 7.75. The second kappa shape index (κ2) is 6.70. The number of aromatic amines is 1. The highest BCUT2D eigenvalue weighted by molar-refractivity contribution is 5.76. The third-order valence-electron chi connectivity index (χ3n) is 3.54. The average molecular weight is 328 g/mol. The molecule has 0 fully saturated rings. The summed E-state index contributed by atoms with van der Waals surface area (Å²) in [6.45, 7) is 4.55. The van der Waals surface area contributed by atoms with Crippen LogP contribution in [0.15, 0.2) is 45.6 Å². The fourth-order valence-electron chi connectivity index (χ4n) is 2.43. The number of nitrogens with one attached hydrogen (secondary N) is 2. The minimum absolute atomic E-state index is 0.0724. The predicted molar refractivity (Wildman–Crippen MR) is 92.9 cm³/mol. The Morgan fingerprint density at radius 2 is 2.04 bits per heavy atom. The number of oxazole rings is 1. The molecule has 0 aliphatic heterocycles. The normalized spacial score (nSPS) is 11.0. The number of benzene rings is 2. The molecule has 6 heteroatoms. The molecule has 0 unspecified atom stereocenters. The molecule has 2 aromatic carbocycles. The van der Waals surface area contributed by atoms with Gasteiger partial charge in [0.05, 0.1) is 18.7 Å². The molecule has 126 valence electrons. The molecule has 0 saturated carbocycles. The summed E-state index contributed by atoms with van der Waals surface area (Å²) >= 11 is 0. The number of anilines is 1. The van der Waals surface area contributed by atoms with E-state index in [0.29, 0.717) is 17.6 Å². The van der Waals surface area contributed by atoms with E-state index in [9.17, 15) is 4.79 Å². The minimum Gasteiger partial charge on any atom is -0.497 e. The van der Waals surface area contributed by atoms with Crippen LogP contribution in [0.2, 0.25) is 0 Å². The lowest BCUT2D eigenvalue weighted by atomic mass is 10.1. The Kier molecular flexibility index (Phi) is 4.46. The maximum Gasteiger partial charge on any atom is 0.417 e. The zero-order chi connectivity index (χ0) is 17.1. The SMILES string of the molecule is COc1ccc(CNc2ccc3oc(=O)[nH]c3c2)c(OC(C)C)c1. The van der Waals surface area contributed by atoms with E-state index in [1.165, 1.54) is 0 Å². The van der Waals surface area contributed by atoms with Gasteiger partial charge in [0.2, 0.25) is 0 Å². The molecule has 1 aromatic heterocycles. The lowest BCUT2D eigenvalue weighted by molar-refractivity contribution is 0.239.